The van der Waals surface area contributed by atoms with Crippen molar-refractivity contribution < 1.29 is 9.53 Å². The van der Waals surface area contributed by atoms with E-state index in [9.17, 15) is 4.79 Å². The highest BCUT2D eigenvalue weighted by Gasteiger charge is 2.13. The minimum atomic E-state index is -0.472. The maximum Gasteiger partial charge on any atom is 0.340 e. The highest BCUT2D eigenvalue weighted by atomic mass is 35.5. The Morgan fingerprint density at radius 2 is 2.20 bits per heavy atom. The van der Waals surface area contributed by atoms with E-state index in [1.165, 1.54) is 6.07 Å². The fourth-order valence-corrected chi connectivity index (χ4v) is 2.11. The van der Waals surface area contributed by atoms with Gasteiger partial charge < -0.3 is 10.5 Å². The Labute approximate surface area is 122 Å². The first kappa shape index (κ1) is 14.4. The van der Waals surface area contributed by atoms with Gasteiger partial charge >= 0.3 is 5.97 Å². The predicted molar refractivity (Wildman–Crippen MR) is 77.6 cm³/mol. The van der Waals surface area contributed by atoms with Crippen LogP contribution >= 0.6 is 11.6 Å². The van der Waals surface area contributed by atoms with Crippen LogP contribution < -0.4 is 5.73 Å². The number of hydrogen-bond donors (Lipinski definition) is 1. The molecule has 2 N–H and O–H groups in total. The molecule has 1 aromatic carbocycles. The summed E-state index contributed by atoms with van der Waals surface area (Å²) in [6.07, 6.45) is 0. The van der Waals surface area contributed by atoms with E-state index >= 15 is 0 Å². The van der Waals surface area contributed by atoms with Crippen molar-refractivity contribution in [3.05, 3.63) is 46.2 Å². The predicted octanol–water partition coefficient (Wildman–Crippen LogP) is 2.80. The number of rotatable bonds is 4. The van der Waals surface area contributed by atoms with E-state index in [1.807, 2.05) is 19.9 Å². The third-order valence-corrected chi connectivity index (χ3v) is 3.10. The Balaban J connectivity index is 2.08. The molecule has 0 saturated heterocycles. The van der Waals surface area contributed by atoms with Gasteiger partial charge in [0.1, 0.15) is 6.61 Å². The van der Waals surface area contributed by atoms with Gasteiger partial charge in [0.2, 0.25) is 0 Å². The van der Waals surface area contributed by atoms with Crippen LogP contribution in [0.2, 0.25) is 5.02 Å². The zero-order valence-corrected chi connectivity index (χ0v) is 12.1. The Morgan fingerprint density at radius 1 is 1.45 bits per heavy atom. The molecule has 2 rings (SSSR count). The standard InChI is InChI=1S/C14H16ClN3O2/c1-3-18-11(6-9(2)17-18)8-20-14(19)12-5-4-10(15)7-13(12)16/h4-7H,3,8,16H2,1-2H3. The van der Waals surface area contributed by atoms with Gasteiger partial charge in [0.15, 0.2) is 0 Å². The minimum Gasteiger partial charge on any atom is -0.456 e. The lowest BCUT2D eigenvalue weighted by Crippen LogP contribution is -2.11. The highest BCUT2D eigenvalue weighted by molar-refractivity contribution is 6.31. The monoisotopic (exact) mass is 293 g/mol. The number of carbonyl (C=O) groups is 1. The molecule has 0 fully saturated rings. The van der Waals surface area contributed by atoms with Crippen LogP contribution in [0.25, 0.3) is 0 Å². The number of nitrogens with two attached hydrogens (primary N) is 1. The molecule has 20 heavy (non-hydrogen) atoms. The van der Waals surface area contributed by atoms with Crippen molar-refractivity contribution in [2.45, 2.75) is 27.0 Å². The van der Waals surface area contributed by atoms with Crippen molar-refractivity contribution in [2.24, 2.45) is 0 Å². The Kier molecular flexibility index (Phi) is 4.29. The van der Waals surface area contributed by atoms with E-state index in [-0.39, 0.29) is 6.61 Å². The Hall–Kier alpha value is -2.01. The first-order chi connectivity index (χ1) is 9.51. The SMILES string of the molecule is CCn1nc(C)cc1COC(=O)c1ccc(Cl)cc1N. The zero-order valence-electron chi connectivity index (χ0n) is 11.4. The molecule has 0 unspecified atom stereocenters. The van der Waals surface area contributed by atoms with E-state index in [2.05, 4.69) is 5.10 Å². The summed E-state index contributed by atoms with van der Waals surface area (Å²) in [4.78, 5) is 12.0. The molecule has 0 amide bonds. The van der Waals surface area contributed by atoms with Crippen molar-refractivity contribution in [3.63, 3.8) is 0 Å². The van der Waals surface area contributed by atoms with E-state index in [4.69, 9.17) is 22.1 Å². The lowest BCUT2D eigenvalue weighted by Gasteiger charge is -2.08. The smallest absolute Gasteiger partial charge is 0.340 e. The van der Waals surface area contributed by atoms with Crippen molar-refractivity contribution in [1.82, 2.24) is 9.78 Å². The summed E-state index contributed by atoms with van der Waals surface area (Å²) < 4.78 is 7.07. The number of benzene rings is 1. The van der Waals surface area contributed by atoms with Crippen LogP contribution in [0.1, 0.15) is 28.7 Å². The van der Waals surface area contributed by atoms with Crippen LogP contribution in [-0.4, -0.2) is 15.7 Å². The van der Waals surface area contributed by atoms with Gasteiger partial charge in [-0.05, 0) is 38.1 Å². The molecule has 0 aliphatic heterocycles. The molecule has 106 valence electrons. The van der Waals surface area contributed by atoms with E-state index in [0.29, 0.717) is 16.3 Å². The minimum absolute atomic E-state index is 0.162. The second-order valence-electron chi connectivity index (χ2n) is 4.40. The number of halogens is 1. The normalized spacial score (nSPS) is 10.6. The largest absolute Gasteiger partial charge is 0.456 e. The molecular formula is C14H16ClN3O2. The third kappa shape index (κ3) is 3.11. The second-order valence-corrected chi connectivity index (χ2v) is 4.84. The summed E-state index contributed by atoms with van der Waals surface area (Å²) in [5.41, 5.74) is 8.12. The number of nitrogen functional groups attached to an aromatic ring is 1. The first-order valence-corrected chi connectivity index (χ1v) is 6.64. The Morgan fingerprint density at radius 3 is 2.85 bits per heavy atom. The van der Waals surface area contributed by atoms with Gasteiger partial charge in [-0.15, -0.1) is 0 Å². The van der Waals surface area contributed by atoms with Gasteiger partial charge in [0.25, 0.3) is 0 Å². The quantitative estimate of drug-likeness (QED) is 0.695. The highest BCUT2D eigenvalue weighted by Crippen LogP contribution is 2.19. The lowest BCUT2D eigenvalue weighted by molar-refractivity contribution is 0.0463. The lowest BCUT2D eigenvalue weighted by atomic mass is 10.2. The van der Waals surface area contributed by atoms with E-state index < -0.39 is 5.97 Å². The number of hydrogen-bond acceptors (Lipinski definition) is 4. The molecule has 0 aliphatic carbocycles. The van der Waals surface area contributed by atoms with Gasteiger partial charge in [-0.3, -0.25) is 4.68 Å². The molecule has 6 heteroatoms. The average Bonchev–Trinajstić information content (AvgIpc) is 2.76. The molecule has 0 bridgehead atoms. The van der Waals surface area contributed by atoms with Gasteiger partial charge in [-0.1, -0.05) is 11.6 Å². The van der Waals surface area contributed by atoms with Gasteiger partial charge in [-0.2, -0.15) is 5.10 Å². The average molecular weight is 294 g/mol. The molecule has 0 aliphatic rings. The van der Waals surface area contributed by atoms with Crippen molar-refractivity contribution >= 4 is 23.3 Å². The van der Waals surface area contributed by atoms with Gasteiger partial charge in [0.05, 0.1) is 17.0 Å². The summed E-state index contributed by atoms with van der Waals surface area (Å²) in [6, 6.07) is 6.58. The van der Waals surface area contributed by atoms with E-state index in [1.54, 1.807) is 16.8 Å². The van der Waals surface area contributed by atoms with Crippen LogP contribution in [0, 0.1) is 6.92 Å². The fraction of sp³-hybridized carbons (Fsp3) is 0.286. The molecule has 1 heterocycles. The molecule has 5 nitrogen and oxygen atoms in total. The van der Waals surface area contributed by atoms with Crippen molar-refractivity contribution in [1.29, 1.82) is 0 Å². The maximum absolute atomic E-state index is 12.0. The van der Waals surface area contributed by atoms with Gasteiger partial charge in [-0.25, -0.2) is 4.79 Å². The summed E-state index contributed by atoms with van der Waals surface area (Å²) in [5, 5.41) is 4.78. The third-order valence-electron chi connectivity index (χ3n) is 2.87. The molecule has 1 aromatic heterocycles. The molecular weight excluding hydrogens is 278 g/mol. The number of aryl methyl sites for hydroxylation is 2. The summed E-state index contributed by atoms with van der Waals surface area (Å²) in [5.74, 6) is -0.472. The topological polar surface area (TPSA) is 70.1 Å². The summed E-state index contributed by atoms with van der Waals surface area (Å²) >= 11 is 5.79. The van der Waals surface area contributed by atoms with Crippen LogP contribution in [0.5, 0.6) is 0 Å². The number of ether oxygens (including phenoxy) is 1. The van der Waals surface area contributed by atoms with Crippen LogP contribution in [-0.2, 0) is 17.9 Å². The molecule has 2 aromatic rings. The number of carbonyl (C=O) groups excluding carboxylic acids is 1. The number of esters is 1. The molecule has 0 spiro atoms. The molecule has 0 radical (unpaired) electrons. The van der Waals surface area contributed by atoms with Crippen LogP contribution in [0.4, 0.5) is 5.69 Å². The summed E-state index contributed by atoms with van der Waals surface area (Å²) in [6.45, 7) is 4.77. The Bertz CT molecular complexity index is 637. The van der Waals surface area contributed by atoms with Crippen molar-refractivity contribution in [3.8, 4) is 0 Å². The van der Waals surface area contributed by atoms with Crippen LogP contribution in [0.15, 0.2) is 24.3 Å². The zero-order chi connectivity index (χ0) is 14.7. The second kappa shape index (κ2) is 5.96. The number of anilines is 1. The number of aromatic nitrogens is 2. The molecule has 0 saturated carbocycles. The summed E-state index contributed by atoms with van der Waals surface area (Å²) in [7, 11) is 0. The molecule has 0 atom stereocenters. The first-order valence-electron chi connectivity index (χ1n) is 6.26. The number of nitrogens with zero attached hydrogens (tertiary/aromatic N) is 2. The fourth-order valence-electron chi connectivity index (χ4n) is 1.93. The maximum atomic E-state index is 12.0. The van der Waals surface area contributed by atoms with E-state index in [0.717, 1.165) is 17.9 Å². The van der Waals surface area contributed by atoms with Gasteiger partial charge in [0, 0.05) is 17.3 Å². The van der Waals surface area contributed by atoms with Crippen LogP contribution in [0.3, 0.4) is 0 Å². The van der Waals surface area contributed by atoms with Crippen molar-refractivity contribution in [2.75, 3.05) is 5.73 Å².